The van der Waals surface area contributed by atoms with Gasteiger partial charge < -0.3 is 20.1 Å². The number of halogens is 4. The highest BCUT2D eigenvalue weighted by molar-refractivity contribution is 6.30. The summed E-state index contributed by atoms with van der Waals surface area (Å²) in [6.07, 6.45) is 0.160. The third kappa shape index (κ3) is 5.78. The minimum atomic E-state index is -4.75. The average molecular weight is 493 g/mol. The van der Waals surface area contributed by atoms with Gasteiger partial charge in [0, 0.05) is 29.0 Å². The summed E-state index contributed by atoms with van der Waals surface area (Å²) in [4.78, 5) is 24.5. The van der Waals surface area contributed by atoms with Crippen LogP contribution in [0.25, 0.3) is 6.08 Å². The maximum atomic E-state index is 13.6. The van der Waals surface area contributed by atoms with Crippen molar-refractivity contribution in [3.05, 3.63) is 70.3 Å². The van der Waals surface area contributed by atoms with Crippen LogP contribution in [0.3, 0.4) is 0 Å². The van der Waals surface area contributed by atoms with Gasteiger partial charge in [-0.05, 0) is 60.9 Å². The van der Waals surface area contributed by atoms with E-state index in [-0.39, 0.29) is 12.3 Å². The number of hydrogen-bond acceptors (Lipinski definition) is 4. The summed E-state index contributed by atoms with van der Waals surface area (Å²) in [6, 6.07) is 8.30. The molecule has 2 aromatic rings. The molecular weight excluding hydrogens is 473 g/mol. The average Bonchev–Trinajstić information content (AvgIpc) is 3.33. The van der Waals surface area contributed by atoms with Crippen molar-refractivity contribution in [3.8, 4) is 5.75 Å². The number of fused-ring (bicyclic) bond motifs is 1. The lowest BCUT2D eigenvalue weighted by Crippen LogP contribution is -2.27. The van der Waals surface area contributed by atoms with Gasteiger partial charge >= 0.3 is 6.18 Å². The Morgan fingerprint density at radius 2 is 1.94 bits per heavy atom. The van der Waals surface area contributed by atoms with Crippen molar-refractivity contribution in [2.45, 2.75) is 25.1 Å². The van der Waals surface area contributed by atoms with Crippen LogP contribution < -0.4 is 15.4 Å². The van der Waals surface area contributed by atoms with E-state index in [1.165, 1.54) is 12.1 Å². The maximum Gasteiger partial charge on any atom is 0.418 e. The predicted octanol–water partition coefficient (Wildman–Crippen LogP) is 5.45. The molecule has 2 amide bonds. The molecule has 2 aromatic carbocycles. The summed E-state index contributed by atoms with van der Waals surface area (Å²) in [5.74, 6) is -0.608. The number of benzene rings is 2. The van der Waals surface area contributed by atoms with Crippen molar-refractivity contribution < 1.29 is 32.2 Å². The molecule has 1 fully saturated rings. The third-order valence-corrected chi connectivity index (χ3v) is 5.46. The van der Waals surface area contributed by atoms with Gasteiger partial charge in [-0.2, -0.15) is 13.2 Å². The van der Waals surface area contributed by atoms with Crippen molar-refractivity contribution in [1.82, 2.24) is 0 Å². The van der Waals surface area contributed by atoms with Gasteiger partial charge in [0.15, 0.2) is 0 Å². The predicted molar refractivity (Wildman–Crippen MR) is 122 cm³/mol. The summed E-state index contributed by atoms with van der Waals surface area (Å²) in [6.45, 7) is 0.638. The molecule has 0 bridgehead atoms. The first-order valence-electron chi connectivity index (χ1n) is 10.4. The van der Waals surface area contributed by atoms with Crippen LogP contribution in [0.2, 0.25) is 5.02 Å². The molecule has 2 aliphatic heterocycles. The second-order valence-electron chi connectivity index (χ2n) is 7.76. The van der Waals surface area contributed by atoms with E-state index in [9.17, 15) is 22.8 Å². The minimum Gasteiger partial charge on any atom is -0.488 e. The molecule has 34 heavy (non-hydrogen) atoms. The summed E-state index contributed by atoms with van der Waals surface area (Å²) < 4.78 is 51.7. The number of anilines is 2. The van der Waals surface area contributed by atoms with E-state index in [1.807, 2.05) is 0 Å². The zero-order chi connectivity index (χ0) is 24.3. The van der Waals surface area contributed by atoms with E-state index < -0.39 is 35.3 Å². The number of rotatable bonds is 5. The van der Waals surface area contributed by atoms with E-state index in [2.05, 4.69) is 10.6 Å². The van der Waals surface area contributed by atoms with Crippen molar-refractivity contribution in [1.29, 1.82) is 0 Å². The Balaban J connectivity index is 1.47. The van der Waals surface area contributed by atoms with Crippen LogP contribution in [0.1, 0.15) is 24.0 Å². The van der Waals surface area contributed by atoms with Crippen LogP contribution in [0.5, 0.6) is 5.75 Å². The fourth-order valence-electron chi connectivity index (χ4n) is 3.59. The molecule has 6 nitrogen and oxygen atoms in total. The normalized spacial score (nSPS) is 17.6. The Morgan fingerprint density at radius 1 is 1.12 bits per heavy atom. The Labute approximate surface area is 198 Å². The van der Waals surface area contributed by atoms with Gasteiger partial charge in [-0.3, -0.25) is 9.59 Å². The Kier molecular flexibility index (Phi) is 6.95. The van der Waals surface area contributed by atoms with Crippen LogP contribution in [0.15, 0.2) is 54.1 Å². The van der Waals surface area contributed by atoms with Gasteiger partial charge in [0.1, 0.15) is 18.5 Å². The molecule has 0 spiro atoms. The number of amides is 2. The van der Waals surface area contributed by atoms with E-state index >= 15 is 0 Å². The highest BCUT2D eigenvalue weighted by Gasteiger charge is 2.34. The molecule has 1 saturated heterocycles. The monoisotopic (exact) mass is 492 g/mol. The molecule has 0 aliphatic carbocycles. The molecule has 0 radical (unpaired) electrons. The molecule has 4 rings (SSSR count). The Hall–Kier alpha value is -3.30. The zero-order valence-electron chi connectivity index (χ0n) is 17.7. The van der Waals surface area contributed by atoms with Crippen LogP contribution in [-0.4, -0.2) is 31.1 Å². The molecule has 0 saturated carbocycles. The first kappa shape index (κ1) is 23.8. The number of nitrogens with one attached hydrogen (secondary N) is 2. The highest BCUT2D eigenvalue weighted by Crippen LogP contribution is 2.37. The molecule has 2 aliphatic rings. The van der Waals surface area contributed by atoms with Crippen LogP contribution in [-0.2, 0) is 20.5 Å². The zero-order valence-corrected chi connectivity index (χ0v) is 18.5. The minimum absolute atomic E-state index is 0.0387. The molecule has 1 atom stereocenters. The van der Waals surface area contributed by atoms with Crippen LogP contribution in [0, 0.1) is 0 Å². The quantitative estimate of drug-likeness (QED) is 0.544. The third-order valence-electron chi connectivity index (χ3n) is 5.23. The van der Waals surface area contributed by atoms with E-state index in [0.717, 1.165) is 23.8 Å². The van der Waals surface area contributed by atoms with E-state index in [4.69, 9.17) is 21.1 Å². The summed E-state index contributed by atoms with van der Waals surface area (Å²) in [5, 5.41) is 5.21. The first-order chi connectivity index (χ1) is 16.2. The molecule has 10 heteroatoms. The fourth-order valence-corrected chi connectivity index (χ4v) is 3.77. The van der Waals surface area contributed by atoms with E-state index in [1.54, 1.807) is 24.3 Å². The van der Waals surface area contributed by atoms with Crippen LogP contribution >= 0.6 is 11.6 Å². The maximum absolute atomic E-state index is 13.6. The second-order valence-corrected chi connectivity index (χ2v) is 8.20. The number of carbonyl (C=O) groups excluding carboxylic acids is 2. The number of alkyl halides is 3. The Morgan fingerprint density at radius 3 is 2.68 bits per heavy atom. The highest BCUT2D eigenvalue weighted by atomic mass is 35.5. The first-order valence-corrected chi connectivity index (χ1v) is 10.8. The van der Waals surface area contributed by atoms with Crippen molar-refractivity contribution >= 4 is 40.9 Å². The van der Waals surface area contributed by atoms with Crippen molar-refractivity contribution in [3.63, 3.8) is 0 Å². The van der Waals surface area contributed by atoms with Crippen molar-refractivity contribution in [2.24, 2.45) is 0 Å². The van der Waals surface area contributed by atoms with Gasteiger partial charge in [0.2, 0.25) is 5.91 Å². The Bertz CT molecular complexity index is 1170. The SMILES string of the molecule is O=C(/C=C/C1=Cc2cc(Cl)ccc2OC1)Nc1ccc(NC(=O)C2CCCO2)cc1C(F)(F)F. The topological polar surface area (TPSA) is 76.7 Å². The summed E-state index contributed by atoms with van der Waals surface area (Å²) in [5.41, 5.74) is -0.165. The summed E-state index contributed by atoms with van der Waals surface area (Å²) >= 11 is 5.98. The number of ether oxygens (including phenoxy) is 2. The molecule has 1 unspecified atom stereocenters. The molecule has 2 heterocycles. The molecular formula is C24H20ClF3N2O4. The van der Waals surface area contributed by atoms with Gasteiger partial charge in [-0.1, -0.05) is 17.7 Å². The smallest absolute Gasteiger partial charge is 0.418 e. The molecule has 178 valence electrons. The number of hydrogen-bond donors (Lipinski definition) is 2. The van der Waals surface area contributed by atoms with Crippen LogP contribution in [0.4, 0.5) is 24.5 Å². The van der Waals surface area contributed by atoms with Gasteiger partial charge in [0.25, 0.3) is 5.91 Å². The standard InChI is InChI=1S/C24H20ClF3N2O4/c25-16-4-7-20-15(11-16)10-14(13-34-20)3-8-22(31)30-19-6-5-17(12-18(19)24(26,27)28)29-23(32)21-2-1-9-33-21/h3-8,10-12,21H,1-2,9,13H2,(H,29,32)(H,30,31)/b8-3+. The largest absolute Gasteiger partial charge is 0.488 e. The molecule has 0 aromatic heterocycles. The fraction of sp³-hybridized carbons (Fsp3) is 0.250. The van der Waals surface area contributed by atoms with Gasteiger partial charge in [-0.15, -0.1) is 0 Å². The van der Waals surface area contributed by atoms with Gasteiger partial charge in [0.05, 0.1) is 11.3 Å². The number of carbonyl (C=O) groups is 2. The van der Waals surface area contributed by atoms with Crippen molar-refractivity contribution in [2.75, 3.05) is 23.8 Å². The second kappa shape index (κ2) is 9.90. The lowest BCUT2D eigenvalue weighted by molar-refractivity contribution is -0.137. The molecule has 2 N–H and O–H groups in total. The lowest BCUT2D eigenvalue weighted by atomic mass is 10.1. The summed E-state index contributed by atoms with van der Waals surface area (Å²) in [7, 11) is 0. The lowest BCUT2D eigenvalue weighted by Gasteiger charge is -2.17. The van der Waals surface area contributed by atoms with Gasteiger partial charge in [-0.25, -0.2) is 0 Å². The van der Waals surface area contributed by atoms with E-state index in [0.29, 0.717) is 35.8 Å².